The lowest BCUT2D eigenvalue weighted by Crippen LogP contribution is -2.31. The normalized spacial score (nSPS) is 10.2. The van der Waals surface area contributed by atoms with Crippen LogP contribution in [0.4, 0.5) is 9.80 Å². The van der Waals surface area contributed by atoms with Crippen LogP contribution in [0, 0.1) is 0 Å². The molecule has 0 aliphatic carbocycles. The van der Waals surface area contributed by atoms with Gasteiger partial charge >= 0.3 is 6.09 Å². The molecule has 0 saturated heterocycles. The van der Waals surface area contributed by atoms with E-state index < -0.39 is 17.9 Å². The molecule has 6 nitrogen and oxygen atoms in total. The van der Waals surface area contributed by atoms with Crippen LogP contribution < -0.4 is 10.6 Å². The van der Waals surface area contributed by atoms with E-state index >= 15 is 0 Å². The van der Waals surface area contributed by atoms with Gasteiger partial charge in [-0.3, -0.25) is 14.9 Å². The topological polar surface area (TPSA) is 84.5 Å². The van der Waals surface area contributed by atoms with Crippen molar-refractivity contribution in [3.05, 3.63) is 37.3 Å². The van der Waals surface area contributed by atoms with Crippen LogP contribution in [0.1, 0.15) is 27.6 Å². The van der Waals surface area contributed by atoms with Crippen molar-refractivity contribution in [3.63, 3.8) is 0 Å². The summed E-state index contributed by atoms with van der Waals surface area (Å²) >= 11 is 13.9. The van der Waals surface area contributed by atoms with E-state index in [1.807, 2.05) is 0 Å². The molecule has 2 aromatic rings. The fourth-order valence-corrected chi connectivity index (χ4v) is 3.82. The molecule has 0 aliphatic rings. The molecule has 10 heteroatoms. The van der Waals surface area contributed by atoms with Gasteiger partial charge in [0.25, 0.3) is 11.8 Å². The quantitative estimate of drug-likeness (QED) is 0.813. The van der Waals surface area contributed by atoms with Gasteiger partial charge in [0.05, 0.1) is 22.1 Å². The maximum Gasteiger partial charge on any atom is 0.414 e. The van der Waals surface area contributed by atoms with Gasteiger partial charge in [-0.25, -0.2) is 4.79 Å². The standard InChI is InChI=1S/C13H10Cl2N2O4S2/c1-2-21-13(20)17-10(18)6-3-4-22-12(6)16-11(19)7-5-8(14)23-9(7)15/h3-5H,2H2,1H3,(H,16,19)(H,17,18,20). The van der Waals surface area contributed by atoms with Crippen LogP contribution in [-0.2, 0) is 4.74 Å². The lowest BCUT2D eigenvalue weighted by atomic mass is 10.3. The minimum Gasteiger partial charge on any atom is -0.450 e. The van der Waals surface area contributed by atoms with Crippen molar-refractivity contribution >= 4 is 68.8 Å². The van der Waals surface area contributed by atoms with Gasteiger partial charge in [-0.1, -0.05) is 23.2 Å². The molecule has 0 aliphatic heterocycles. The average molecular weight is 393 g/mol. The highest BCUT2D eigenvalue weighted by atomic mass is 35.5. The maximum absolute atomic E-state index is 12.2. The van der Waals surface area contributed by atoms with Crippen molar-refractivity contribution in [1.29, 1.82) is 0 Å². The highest BCUT2D eigenvalue weighted by Crippen LogP contribution is 2.32. The summed E-state index contributed by atoms with van der Waals surface area (Å²) in [6.45, 7) is 1.76. The molecule has 0 unspecified atom stereocenters. The Morgan fingerprint density at radius 1 is 1.22 bits per heavy atom. The number of carbonyl (C=O) groups excluding carboxylic acids is 3. The lowest BCUT2D eigenvalue weighted by Gasteiger charge is -2.06. The molecule has 0 spiro atoms. The molecule has 2 heterocycles. The summed E-state index contributed by atoms with van der Waals surface area (Å²) in [6.07, 6.45) is -0.853. The second-order valence-corrected chi connectivity index (χ2v) is 7.23. The fraction of sp³-hybridized carbons (Fsp3) is 0.154. The minimum atomic E-state index is -0.853. The van der Waals surface area contributed by atoms with Gasteiger partial charge in [-0.05, 0) is 24.4 Å². The molecule has 0 fully saturated rings. The highest BCUT2D eigenvalue weighted by Gasteiger charge is 2.20. The van der Waals surface area contributed by atoms with E-state index in [0.717, 1.165) is 22.7 Å². The van der Waals surface area contributed by atoms with Gasteiger partial charge < -0.3 is 10.1 Å². The highest BCUT2D eigenvalue weighted by molar-refractivity contribution is 7.20. The Hall–Kier alpha value is -1.61. The Morgan fingerprint density at radius 2 is 1.96 bits per heavy atom. The third-order valence-corrected chi connectivity index (χ3v) is 4.85. The second kappa shape index (κ2) is 7.78. The summed E-state index contributed by atoms with van der Waals surface area (Å²) in [4.78, 5) is 35.5. The third kappa shape index (κ3) is 4.44. The zero-order chi connectivity index (χ0) is 17.0. The molecule has 2 aromatic heterocycles. The van der Waals surface area contributed by atoms with Crippen LogP contribution >= 0.6 is 45.9 Å². The summed E-state index contributed by atoms with van der Waals surface area (Å²) in [5, 5.41) is 6.54. The summed E-state index contributed by atoms with van der Waals surface area (Å²) in [5.74, 6) is -1.17. The number of amides is 3. The van der Waals surface area contributed by atoms with Gasteiger partial charge in [-0.2, -0.15) is 0 Å². The van der Waals surface area contributed by atoms with Crippen molar-refractivity contribution in [2.75, 3.05) is 11.9 Å². The Bertz CT molecular complexity index is 757. The number of carbonyl (C=O) groups is 3. The van der Waals surface area contributed by atoms with Gasteiger partial charge in [0.15, 0.2) is 0 Å². The number of alkyl carbamates (subject to hydrolysis) is 1. The maximum atomic E-state index is 12.2. The number of hydrogen-bond acceptors (Lipinski definition) is 6. The zero-order valence-electron chi connectivity index (χ0n) is 11.6. The first-order chi connectivity index (χ1) is 10.9. The minimum absolute atomic E-state index is 0.143. The molecule has 0 aromatic carbocycles. The largest absolute Gasteiger partial charge is 0.450 e. The Kier molecular flexibility index (Phi) is 6.00. The predicted octanol–water partition coefficient (Wildman–Crippen LogP) is 4.26. The average Bonchev–Trinajstić information content (AvgIpc) is 3.05. The number of thiophene rings is 2. The van der Waals surface area contributed by atoms with Gasteiger partial charge in [0, 0.05) is 0 Å². The first-order valence-corrected chi connectivity index (χ1v) is 8.69. The molecule has 0 atom stereocenters. The van der Waals surface area contributed by atoms with Crippen molar-refractivity contribution in [2.45, 2.75) is 6.92 Å². The fourth-order valence-electron chi connectivity index (χ4n) is 1.58. The number of imide groups is 1. The van der Waals surface area contributed by atoms with Crippen molar-refractivity contribution < 1.29 is 19.1 Å². The van der Waals surface area contributed by atoms with Crippen LogP contribution in [0.3, 0.4) is 0 Å². The van der Waals surface area contributed by atoms with Crippen LogP contribution in [0.5, 0.6) is 0 Å². The van der Waals surface area contributed by atoms with Crippen LogP contribution in [0.15, 0.2) is 17.5 Å². The second-order valence-electron chi connectivity index (χ2n) is 4.03. The molecular weight excluding hydrogens is 383 g/mol. The summed E-state index contributed by atoms with van der Waals surface area (Å²) in [5.41, 5.74) is 0.362. The van der Waals surface area contributed by atoms with E-state index in [0.29, 0.717) is 4.34 Å². The SMILES string of the molecule is CCOC(=O)NC(=O)c1ccsc1NC(=O)c1cc(Cl)sc1Cl. The van der Waals surface area contributed by atoms with Gasteiger partial charge in [-0.15, -0.1) is 22.7 Å². The molecule has 122 valence electrons. The first-order valence-electron chi connectivity index (χ1n) is 6.24. The van der Waals surface area contributed by atoms with Gasteiger partial charge in [0.1, 0.15) is 9.34 Å². The van der Waals surface area contributed by atoms with E-state index in [-0.39, 0.29) is 27.1 Å². The monoisotopic (exact) mass is 392 g/mol. The van der Waals surface area contributed by atoms with E-state index in [1.54, 1.807) is 12.3 Å². The zero-order valence-corrected chi connectivity index (χ0v) is 14.8. The molecule has 3 amide bonds. The van der Waals surface area contributed by atoms with Crippen molar-refractivity contribution in [1.82, 2.24) is 5.32 Å². The molecule has 2 rings (SSSR count). The van der Waals surface area contributed by atoms with E-state index in [1.165, 1.54) is 12.1 Å². The Labute approximate surface area is 149 Å². The van der Waals surface area contributed by atoms with Crippen molar-refractivity contribution in [3.8, 4) is 0 Å². The Morgan fingerprint density at radius 3 is 2.57 bits per heavy atom. The first kappa shape index (κ1) is 17.7. The predicted molar refractivity (Wildman–Crippen MR) is 91.1 cm³/mol. The number of nitrogens with one attached hydrogen (secondary N) is 2. The third-order valence-electron chi connectivity index (χ3n) is 2.53. The number of ether oxygens (including phenoxy) is 1. The molecule has 0 saturated carbocycles. The summed E-state index contributed by atoms with van der Waals surface area (Å²) in [6, 6.07) is 2.92. The molecule has 23 heavy (non-hydrogen) atoms. The number of halogens is 2. The summed E-state index contributed by atoms with van der Waals surface area (Å²) in [7, 11) is 0. The number of hydrogen-bond donors (Lipinski definition) is 2. The smallest absolute Gasteiger partial charge is 0.414 e. The van der Waals surface area contributed by atoms with E-state index in [9.17, 15) is 14.4 Å². The molecule has 0 bridgehead atoms. The Balaban J connectivity index is 2.12. The molecular formula is C13H10Cl2N2O4S2. The lowest BCUT2D eigenvalue weighted by molar-refractivity contribution is 0.0926. The van der Waals surface area contributed by atoms with Crippen LogP contribution in [0.25, 0.3) is 0 Å². The van der Waals surface area contributed by atoms with Crippen LogP contribution in [0.2, 0.25) is 8.67 Å². The molecule has 2 N–H and O–H groups in total. The van der Waals surface area contributed by atoms with Crippen LogP contribution in [-0.4, -0.2) is 24.5 Å². The molecule has 0 radical (unpaired) electrons. The van der Waals surface area contributed by atoms with Crippen molar-refractivity contribution in [2.24, 2.45) is 0 Å². The summed E-state index contributed by atoms with van der Waals surface area (Å²) < 4.78 is 5.27. The number of rotatable bonds is 4. The van der Waals surface area contributed by atoms with E-state index in [2.05, 4.69) is 15.4 Å². The van der Waals surface area contributed by atoms with E-state index in [4.69, 9.17) is 23.2 Å². The van der Waals surface area contributed by atoms with Gasteiger partial charge in [0.2, 0.25) is 0 Å². The number of anilines is 1.